The van der Waals surface area contributed by atoms with Crippen molar-refractivity contribution in [1.82, 2.24) is 9.97 Å². The smallest absolute Gasteiger partial charge is 0.226 e. The maximum Gasteiger partial charge on any atom is 0.226 e. The van der Waals surface area contributed by atoms with Crippen LogP contribution in [0.3, 0.4) is 0 Å². The first-order valence-electron chi connectivity index (χ1n) is 6.59. The third kappa shape index (κ3) is 2.90. The van der Waals surface area contributed by atoms with Crippen LogP contribution in [-0.4, -0.2) is 43.2 Å². The van der Waals surface area contributed by atoms with Gasteiger partial charge >= 0.3 is 0 Å². The molecule has 0 aliphatic carbocycles. The van der Waals surface area contributed by atoms with Crippen LogP contribution in [0.4, 0.5) is 11.8 Å². The maximum atomic E-state index is 6.02. The van der Waals surface area contributed by atoms with Gasteiger partial charge in [0.1, 0.15) is 5.82 Å². The zero-order valence-electron chi connectivity index (χ0n) is 11.5. The minimum atomic E-state index is 0.253. The Morgan fingerprint density at radius 3 is 2.94 bits per heavy atom. The first-order valence-corrected chi connectivity index (χ1v) is 6.59. The van der Waals surface area contributed by atoms with Crippen LogP contribution in [0.1, 0.15) is 19.8 Å². The molecule has 1 fully saturated rings. The van der Waals surface area contributed by atoms with Gasteiger partial charge in [-0.05, 0) is 31.7 Å². The van der Waals surface area contributed by atoms with Crippen LogP contribution in [-0.2, 0) is 0 Å². The van der Waals surface area contributed by atoms with Gasteiger partial charge in [-0.2, -0.15) is 4.98 Å². The van der Waals surface area contributed by atoms with Gasteiger partial charge in [-0.1, -0.05) is 0 Å². The highest BCUT2D eigenvalue weighted by Gasteiger charge is 2.23. The topological polar surface area (TPSA) is 58.3 Å². The van der Waals surface area contributed by atoms with Gasteiger partial charge < -0.3 is 15.5 Å². The summed E-state index contributed by atoms with van der Waals surface area (Å²) in [7, 11) is 3.92. The molecule has 0 amide bonds. The highest BCUT2D eigenvalue weighted by Crippen LogP contribution is 2.23. The molecule has 5 heteroatoms. The van der Waals surface area contributed by atoms with Gasteiger partial charge in [0, 0.05) is 39.4 Å². The minimum Gasteiger partial charge on any atom is -0.356 e. The summed E-state index contributed by atoms with van der Waals surface area (Å²) in [6, 6.07) is 2.24. The molecular weight excluding hydrogens is 226 g/mol. The van der Waals surface area contributed by atoms with Crippen LogP contribution in [0, 0.1) is 5.92 Å². The van der Waals surface area contributed by atoms with Crippen LogP contribution in [0.25, 0.3) is 0 Å². The third-order valence-corrected chi connectivity index (χ3v) is 3.55. The Bertz CT molecular complexity index is 391. The molecule has 2 unspecified atom stereocenters. The Kier molecular flexibility index (Phi) is 4.01. The molecule has 2 N–H and O–H groups in total. The zero-order chi connectivity index (χ0) is 13.1. The van der Waals surface area contributed by atoms with E-state index in [0.717, 1.165) is 24.9 Å². The van der Waals surface area contributed by atoms with Crippen molar-refractivity contribution in [3.05, 3.63) is 12.3 Å². The third-order valence-electron chi connectivity index (χ3n) is 3.55. The predicted octanol–water partition coefficient (Wildman–Crippen LogP) is 1.11. The fourth-order valence-electron chi connectivity index (χ4n) is 2.38. The zero-order valence-corrected chi connectivity index (χ0v) is 11.5. The van der Waals surface area contributed by atoms with E-state index in [-0.39, 0.29) is 6.04 Å². The summed E-state index contributed by atoms with van der Waals surface area (Å²) in [5, 5.41) is 0. The van der Waals surface area contributed by atoms with Gasteiger partial charge in [0.05, 0.1) is 0 Å². The lowest BCUT2D eigenvalue weighted by Crippen LogP contribution is -2.42. The van der Waals surface area contributed by atoms with E-state index in [1.165, 1.54) is 12.8 Å². The molecule has 2 heterocycles. The van der Waals surface area contributed by atoms with E-state index in [2.05, 4.69) is 21.8 Å². The first kappa shape index (κ1) is 13.1. The molecule has 0 bridgehead atoms. The van der Waals surface area contributed by atoms with E-state index >= 15 is 0 Å². The van der Waals surface area contributed by atoms with E-state index in [1.54, 1.807) is 0 Å². The molecule has 2 rings (SSSR count). The number of nitrogens with zero attached hydrogens (tertiary/aromatic N) is 4. The summed E-state index contributed by atoms with van der Waals surface area (Å²) in [6.45, 7) is 4.16. The van der Waals surface area contributed by atoms with Gasteiger partial charge in [0.2, 0.25) is 5.95 Å². The normalized spacial score (nSPS) is 21.8. The summed E-state index contributed by atoms with van der Waals surface area (Å²) in [6.07, 6.45) is 4.24. The van der Waals surface area contributed by atoms with E-state index in [9.17, 15) is 0 Å². The van der Waals surface area contributed by atoms with E-state index in [4.69, 9.17) is 5.73 Å². The largest absolute Gasteiger partial charge is 0.356 e. The Hall–Kier alpha value is -1.36. The molecule has 1 aromatic rings. The molecule has 1 aliphatic rings. The second kappa shape index (κ2) is 5.52. The van der Waals surface area contributed by atoms with Gasteiger partial charge in [-0.15, -0.1) is 0 Å². The molecular formula is C13H23N5. The van der Waals surface area contributed by atoms with Gasteiger partial charge in [-0.25, -0.2) is 4.98 Å². The van der Waals surface area contributed by atoms with E-state index in [1.807, 2.05) is 31.3 Å². The van der Waals surface area contributed by atoms with Crippen molar-refractivity contribution in [3.8, 4) is 0 Å². The quantitative estimate of drug-likeness (QED) is 0.869. The number of aromatic nitrogens is 2. The Morgan fingerprint density at radius 1 is 1.50 bits per heavy atom. The van der Waals surface area contributed by atoms with E-state index in [0.29, 0.717) is 5.92 Å². The standard InChI is InChI=1S/C13H23N5/c1-10(14)11-5-4-8-18(9-11)12-6-7-15-13(16-12)17(2)3/h6-7,10-11H,4-5,8-9,14H2,1-3H3. The Balaban J connectivity index is 2.13. The van der Waals surface area contributed by atoms with Crippen molar-refractivity contribution in [3.63, 3.8) is 0 Å². The van der Waals surface area contributed by atoms with Crippen LogP contribution < -0.4 is 15.5 Å². The van der Waals surface area contributed by atoms with Crippen LogP contribution in [0.2, 0.25) is 0 Å². The first-order chi connectivity index (χ1) is 8.58. The number of anilines is 2. The lowest BCUT2D eigenvalue weighted by Gasteiger charge is -2.35. The van der Waals surface area contributed by atoms with Gasteiger partial charge in [0.25, 0.3) is 0 Å². The molecule has 18 heavy (non-hydrogen) atoms. The molecule has 1 aliphatic heterocycles. The van der Waals surface area contributed by atoms with Crippen molar-refractivity contribution in [1.29, 1.82) is 0 Å². The van der Waals surface area contributed by atoms with Crippen molar-refractivity contribution >= 4 is 11.8 Å². The average Bonchev–Trinajstić information content (AvgIpc) is 2.39. The van der Waals surface area contributed by atoms with Crippen LogP contribution >= 0.6 is 0 Å². The molecule has 1 aromatic heterocycles. The number of piperidine rings is 1. The molecule has 1 saturated heterocycles. The maximum absolute atomic E-state index is 6.02. The molecule has 2 atom stereocenters. The monoisotopic (exact) mass is 249 g/mol. The average molecular weight is 249 g/mol. The van der Waals surface area contributed by atoms with Crippen molar-refractivity contribution in [2.45, 2.75) is 25.8 Å². The van der Waals surface area contributed by atoms with Crippen molar-refractivity contribution < 1.29 is 0 Å². The van der Waals surface area contributed by atoms with Gasteiger partial charge in [0.15, 0.2) is 0 Å². The lowest BCUT2D eigenvalue weighted by molar-refractivity contribution is 0.363. The number of nitrogens with two attached hydrogens (primary N) is 1. The molecule has 0 aromatic carbocycles. The molecule has 0 saturated carbocycles. The summed E-state index contributed by atoms with van der Waals surface area (Å²) in [5.74, 6) is 2.34. The lowest BCUT2D eigenvalue weighted by atomic mass is 9.92. The van der Waals surface area contributed by atoms with Crippen molar-refractivity contribution in [2.24, 2.45) is 11.7 Å². The van der Waals surface area contributed by atoms with Crippen LogP contribution in [0.5, 0.6) is 0 Å². The second-order valence-corrected chi connectivity index (χ2v) is 5.32. The van der Waals surface area contributed by atoms with E-state index < -0.39 is 0 Å². The minimum absolute atomic E-state index is 0.253. The Morgan fingerprint density at radius 2 is 2.28 bits per heavy atom. The number of hydrogen-bond acceptors (Lipinski definition) is 5. The molecule has 0 radical (unpaired) electrons. The Labute approximate surface area is 109 Å². The molecule has 0 spiro atoms. The fraction of sp³-hybridized carbons (Fsp3) is 0.692. The van der Waals surface area contributed by atoms with Crippen LogP contribution in [0.15, 0.2) is 12.3 Å². The fourth-order valence-corrected chi connectivity index (χ4v) is 2.38. The number of rotatable bonds is 3. The summed E-state index contributed by atoms with van der Waals surface area (Å²) >= 11 is 0. The number of hydrogen-bond donors (Lipinski definition) is 1. The second-order valence-electron chi connectivity index (χ2n) is 5.32. The summed E-state index contributed by atoms with van der Waals surface area (Å²) in [5.41, 5.74) is 6.02. The highest BCUT2D eigenvalue weighted by atomic mass is 15.3. The molecule has 5 nitrogen and oxygen atoms in total. The SMILES string of the molecule is CC(N)C1CCCN(c2ccnc(N(C)C)n2)C1. The predicted molar refractivity (Wildman–Crippen MR) is 74.9 cm³/mol. The summed E-state index contributed by atoms with van der Waals surface area (Å²) in [4.78, 5) is 13.1. The van der Waals surface area contributed by atoms with Gasteiger partial charge in [-0.3, -0.25) is 0 Å². The van der Waals surface area contributed by atoms with Crippen molar-refractivity contribution in [2.75, 3.05) is 37.0 Å². The molecule has 100 valence electrons. The summed E-state index contributed by atoms with van der Waals surface area (Å²) < 4.78 is 0. The highest BCUT2D eigenvalue weighted by molar-refractivity contribution is 5.43.